The number of rotatable bonds is 7. The van der Waals surface area contributed by atoms with Crippen molar-refractivity contribution in [3.8, 4) is 0 Å². The number of hydrogen-bond acceptors (Lipinski definition) is 3. The Morgan fingerprint density at radius 3 is 2.94 bits per heavy atom. The molecule has 1 atom stereocenters. The lowest BCUT2D eigenvalue weighted by molar-refractivity contribution is 0.268. The molecule has 1 N–H and O–H groups in total. The SMILES string of the molecule is C=CCCS(=O)(=O)NC[C@@H]1CCCN1CC. The van der Waals surface area contributed by atoms with Gasteiger partial charge in [-0.3, -0.25) is 4.90 Å². The highest BCUT2D eigenvalue weighted by Gasteiger charge is 2.24. The van der Waals surface area contributed by atoms with Gasteiger partial charge in [-0.25, -0.2) is 13.1 Å². The Morgan fingerprint density at radius 2 is 2.31 bits per heavy atom. The molecule has 4 nitrogen and oxygen atoms in total. The molecule has 0 aliphatic carbocycles. The summed E-state index contributed by atoms with van der Waals surface area (Å²) in [5.74, 6) is 0.148. The molecule has 0 amide bonds. The predicted octanol–water partition coefficient (Wildman–Crippen LogP) is 0.966. The maximum absolute atomic E-state index is 11.6. The summed E-state index contributed by atoms with van der Waals surface area (Å²) in [6.07, 6.45) is 4.41. The summed E-state index contributed by atoms with van der Waals surface area (Å²) >= 11 is 0. The average Bonchev–Trinajstić information content (AvgIpc) is 2.71. The van der Waals surface area contributed by atoms with Crippen LogP contribution in [0.25, 0.3) is 0 Å². The summed E-state index contributed by atoms with van der Waals surface area (Å²) in [6, 6.07) is 0.378. The zero-order valence-electron chi connectivity index (χ0n) is 9.98. The van der Waals surface area contributed by atoms with Crippen LogP contribution in [-0.4, -0.2) is 44.7 Å². The minimum absolute atomic E-state index is 0.148. The molecule has 1 rings (SSSR count). The van der Waals surface area contributed by atoms with E-state index in [1.807, 2.05) is 0 Å². The third kappa shape index (κ3) is 4.23. The molecule has 1 aliphatic heterocycles. The van der Waals surface area contributed by atoms with Crippen LogP contribution in [0.1, 0.15) is 26.2 Å². The van der Waals surface area contributed by atoms with E-state index < -0.39 is 10.0 Å². The Bertz CT molecular complexity index is 314. The van der Waals surface area contributed by atoms with Gasteiger partial charge >= 0.3 is 0 Å². The van der Waals surface area contributed by atoms with Crippen molar-refractivity contribution >= 4 is 10.0 Å². The van der Waals surface area contributed by atoms with Gasteiger partial charge in [0.05, 0.1) is 5.75 Å². The van der Waals surface area contributed by atoms with Gasteiger partial charge in [0.15, 0.2) is 0 Å². The molecule has 94 valence electrons. The zero-order valence-corrected chi connectivity index (χ0v) is 10.8. The summed E-state index contributed by atoms with van der Waals surface area (Å²) in [5.41, 5.74) is 0. The summed E-state index contributed by atoms with van der Waals surface area (Å²) in [7, 11) is -3.11. The minimum Gasteiger partial charge on any atom is -0.299 e. The first-order valence-electron chi connectivity index (χ1n) is 5.91. The van der Waals surface area contributed by atoms with Crippen LogP contribution in [0.5, 0.6) is 0 Å². The molecule has 0 saturated carbocycles. The Morgan fingerprint density at radius 1 is 1.56 bits per heavy atom. The number of sulfonamides is 1. The molecule has 0 bridgehead atoms. The molecule has 0 spiro atoms. The number of likely N-dealkylation sites (tertiary alicyclic amines) is 1. The molecule has 1 saturated heterocycles. The van der Waals surface area contributed by atoms with E-state index in [1.54, 1.807) is 6.08 Å². The standard InChI is InChI=1S/C11H22N2O2S/c1-3-5-9-16(14,15)12-10-11-7-6-8-13(11)4-2/h3,11-12H,1,4-10H2,2H3/t11-/m0/s1. The van der Waals surface area contributed by atoms with E-state index in [-0.39, 0.29) is 5.75 Å². The number of nitrogens with zero attached hydrogens (tertiary/aromatic N) is 1. The smallest absolute Gasteiger partial charge is 0.211 e. The first-order chi connectivity index (χ1) is 7.59. The highest BCUT2D eigenvalue weighted by molar-refractivity contribution is 7.89. The first-order valence-corrected chi connectivity index (χ1v) is 7.56. The second kappa shape index (κ2) is 6.37. The topological polar surface area (TPSA) is 49.4 Å². The van der Waals surface area contributed by atoms with Gasteiger partial charge in [0.1, 0.15) is 0 Å². The third-order valence-corrected chi connectivity index (χ3v) is 4.41. The fraction of sp³-hybridized carbons (Fsp3) is 0.818. The van der Waals surface area contributed by atoms with E-state index in [4.69, 9.17) is 0 Å². The average molecular weight is 246 g/mol. The molecule has 0 radical (unpaired) electrons. The highest BCUT2D eigenvalue weighted by Crippen LogP contribution is 2.15. The first kappa shape index (κ1) is 13.7. The maximum atomic E-state index is 11.6. The molecular weight excluding hydrogens is 224 g/mol. The third-order valence-electron chi connectivity index (χ3n) is 3.03. The van der Waals surface area contributed by atoms with Crippen LogP contribution < -0.4 is 4.72 Å². The monoisotopic (exact) mass is 246 g/mol. The fourth-order valence-corrected chi connectivity index (χ4v) is 3.14. The van der Waals surface area contributed by atoms with E-state index >= 15 is 0 Å². The highest BCUT2D eigenvalue weighted by atomic mass is 32.2. The molecule has 16 heavy (non-hydrogen) atoms. The number of nitrogens with one attached hydrogen (secondary N) is 1. The van der Waals surface area contributed by atoms with E-state index in [0.717, 1.165) is 19.5 Å². The quantitative estimate of drug-likeness (QED) is 0.681. The molecule has 0 aromatic heterocycles. The maximum Gasteiger partial charge on any atom is 0.211 e. The van der Waals surface area contributed by atoms with Gasteiger partial charge in [0, 0.05) is 12.6 Å². The van der Waals surface area contributed by atoms with Crippen LogP contribution in [0.2, 0.25) is 0 Å². The van der Waals surface area contributed by atoms with Crippen molar-refractivity contribution in [2.24, 2.45) is 0 Å². The van der Waals surface area contributed by atoms with Crippen molar-refractivity contribution in [3.05, 3.63) is 12.7 Å². The molecule has 0 unspecified atom stereocenters. The Hall–Kier alpha value is -0.390. The minimum atomic E-state index is -3.11. The number of likely N-dealkylation sites (N-methyl/N-ethyl adjacent to an activating group) is 1. The van der Waals surface area contributed by atoms with Gasteiger partial charge in [-0.05, 0) is 32.4 Å². The normalized spacial score (nSPS) is 22.4. The second-order valence-electron chi connectivity index (χ2n) is 4.17. The Labute approximate surface area is 98.8 Å². The summed E-state index contributed by atoms with van der Waals surface area (Å²) in [6.45, 7) is 8.28. The summed E-state index contributed by atoms with van der Waals surface area (Å²) in [5, 5.41) is 0. The van der Waals surface area contributed by atoms with Crippen LogP contribution in [0, 0.1) is 0 Å². The van der Waals surface area contributed by atoms with Crippen LogP contribution in [0.3, 0.4) is 0 Å². The van der Waals surface area contributed by atoms with Crippen LogP contribution >= 0.6 is 0 Å². The Balaban J connectivity index is 2.35. The van der Waals surface area contributed by atoms with Gasteiger partial charge in [0.25, 0.3) is 0 Å². The lowest BCUT2D eigenvalue weighted by atomic mass is 10.2. The molecular formula is C11H22N2O2S. The van der Waals surface area contributed by atoms with Gasteiger partial charge in [-0.15, -0.1) is 6.58 Å². The van der Waals surface area contributed by atoms with E-state index in [1.165, 1.54) is 6.42 Å². The largest absolute Gasteiger partial charge is 0.299 e. The van der Waals surface area contributed by atoms with Crippen LogP contribution in [-0.2, 0) is 10.0 Å². The molecule has 1 fully saturated rings. The predicted molar refractivity (Wildman–Crippen MR) is 66.9 cm³/mol. The summed E-state index contributed by atoms with van der Waals surface area (Å²) < 4.78 is 25.8. The number of allylic oxidation sites excluding steroid dienone is 1. The molecule has 1 aliphatic rings. The summed E-state index contributed by atoms with van der Waals surface area (Å²) in [4.78, 5) is 2.33. The van der Waals surface area contributed by atoms with Crippen molar-refractivity contribution < 1.29 is 8.42 Å². The molecule has 5 heteroatoms. The number of hydrogen-bond donors (Lipinski definition) is 1. The van der Waals surface area contributed by atoms with Gasteiger partial charge in [-0.2, -0.15) is 0 Å². The Kier molecular flexibility index (Phi) is 5.44. The van der Waals surface area contributed by atoms with Crippen LogP contribution in [0.4, 0.5) is 0 Å². The fourth-order valence-electron chi connectivity index (χ4n) is 2.08. The van der Waals surface area contributed by atoms with E-state index in [0.29, 0.717) is 19.0 Å². The van der Waals surface area contributed by atoms with Crippen LogP contribution in [0.15, 0.2) is 12.7 Å². The lowest BCUT2D eigenvalue weighted by Crippen LogP contribution is -2.40. The van der Waals surface area contributed by atoms with Crippen molar-refractivity contribution in [1.82, 2.24) is 9.62 Å². The molecule has 1 heterocycles. The molecule has 0 aromatic carbocycles. The van der Waals surface area contributed by atoms with Crippen molar-refractivity contribution in [2.45, 2.75) is 32.2 Å². The second-order valence-corrected chi connectivity index (χ2v) is 6.10. The van der Waals surface area contributed by atoms with Crippen molar-refractivity contribution in [1.29, 1.82) is 0 Å². The van der Waals surface area contributed by atoms with Crippen molar-refractivity contribution in [2.75, 3.05) is 25.4 Å². The zero-order chi connectivity index (χ0) is 12.0. The molecule has 0 aromatic rings. The van der Waals surface area contributed by atoms with Gasteiger partial charge in [-0.1, -0.05) is 13.0 Å². The van der Waals surface area contributed by atoms with Crippen molar-refractivity contribution in [3.63, 3.8) is 0 Å². The van der Waals surface area contributed by atoms with E-state index in [9.17, 15) is 8.42 Å². The lowest BCUT2D eigenvalue weighted by Gasteiger charge is -2.22. The van der Waals surface area contributed by atoms with Gasteiger partial charge in [0.2, 0.25) is 10.0 Å². The van der Waals surface area contributed by atoms with E-state index in [2.05, 4.69) is 23.1 Å². The van der Waals surface area contributed by atoms with Gasteiger partial charge < -0.3 is 0 Å².